The highest BCUT2D eigenvalue weighted by Crippen LogP contribution is 2.27. The van der Waals surface area contributed by atoms with Crippen LogP contribution in [0, 0.1) is 13.8 Å². The number of halogens is 1. The number of H-pyrrole nitrogens is 1. The van der Waals surface area contributed by atoms with Crippen LogP contribution in [-0.4, -0.2) is 25.3 Å². The molecule has 6 nitrogen and oxygen atoms in total. The maximum atomic E-state index is 6.04. The van der Waals surface area contributed by atoms with Gasteiger partial charge in [-0.15, -0.1) is 0 Å². The van der Waals surface area contributed by atoms with Crippen LogP contribution in [0.5, 0.6) is 0 Å². The summed E-state index contributed by atoms with van der Waals surface area (Å²) in [6.07, 6.45) is 1.67. The second kappa shape index (κ2) is 3.53. The number of aromatic amines is 1. The van der Waals surface area contributed by atoms with Gasteiger partial charge in [-0.2, -0.15) is 5.10 Å². The number of aryl methyl sites for hydroxylation is 2. The van der Waals surface area contributed by atoms with Crippen molar-refractivity contribution in [3.63, 3.8) is 0 Å². The summed E-state index contributed by atoms with van der Waals surface area (Å²) in [5.74, 6) is 1.17. The van der Waals surface area contributed by atoms with Crippen molar-refractivity contribution < 1.29 is 4.52 Å². The van der Waals surface area contributed by atoms with Gasteiger partial charge < -0.3 is 4.52 Å². The van der Waals surface area contributed by atoms with E-state index in [2.05, 4.69) is 25.3 Å². The van der Waals surface area contributed by atoms with E-state index >= 15 is 0 Å². The zero-order valence-corrected chi connectivity index (χ0v) is 9.91. The number of rotatable bonds is 1. The van der Waals surface area contributed by atoms with Gasteiger partial charge in [-0.1, -0.05) is 16.8 Å². The Morgan fingerprint density at radius 3 is 2.82 bits per heavy atom. The molecule has 86 valence electrons. The number of aromatic nitrogens is 5. The van der Waals surface area contributed by atoms with Crippen molar-refractivity contribution in [1.82, 2.24) is 25.3 Å². The summed E-state index contributed by atoms with van der Waals surface area (Å²) in [4.78, 5) is 8.58. The molecule has 3 aromatic rings. The van der Waals surface area contributed by atoms with Gasteiger partial charge in [0.15, 0.2) is 11.0 Å². The van der Waals surface area contributed by atoms with Gasteiger partial charge in [-0.3, -0.25) is 5.10 Å². The van der Waals surface area contributed by atoms with Crippen molar-refractivity contribution in [1.29, 1.82) is 0 Å². The van der Waals surface area contributed by atoms with Crippen LogP contribution in [-0.2, 0) is 0 Å². The van der Waals surface area contributed by atoms with Crippen LogP contribution in [0.1, 0.15) is 11.5 Å². The molecule has 0 bridgehead atoms. The Morgan fingerprint density at radius 1 is 1.29 bits per heavy atom. The number of nitrogens with zero attached hydrogens (tertiary/aromatic N) is 4. The molecule has 1 N–H and O–H groups in total. The van der Waals surface area contributed by atoms with Crippen molar-refractivity contribution in [2.75, 3.05) is 0 Å². The molecule has 0 aliphatic heterocycles. The summed E-state index contributed by atoms with van der Waals surface area (Å²) in [6, 6.07) is 0. The Morgan fingerprint density at radius 2 is 2.12 bits per heavy atom. The molecule has 0 aliphatic rings. The van der Waals surface area contributed by atoms with Crippen LogP contribution in [0.2, 0.25) is 5.15 Å². The van der Waals surface area contributed by atoms with Crippen LogP contribution in [0.3, 0.4) is 0 Å². The van der Waals surface area contributed by atoms with Gasteiger partial charge in [0.05, 0.1) is 11.3 Å². The zero-order valence-electron chi connectivity index (χ0n) is 9.15. The molecule has 0 atom stereocenters. The molecule has 3 aromatic heterocycles. The molecular formula is C10H8ClN5O. The Labute approximate surface area is 101 Å². The predicted molar refractivity (Wildman–Crippen MR) is 61.7 cm³/mol. The zero-order chi connectivity index (χ0) is 12.0. The molecule has 17 heavy (non-hydrogen) atoms. The number of hydrogen-bond acceptors (Lipinski definition) is 5. The number of fused-ring (bicyclic) bond motifs is 1. The molecule has 0 amide bonds. The third-order valence-corrected chi connectivity index (χ3v) is 2.77. The minimum atomic E-state index is 0.311. The lowest BCUT2D eigenvalue weighted by molar-refractivity contribution is 0.393. The highest BCUT2D eigenvalue weighted by Gasteiger charge is 2.17. The van der Waals surface area contributed by atoms with Gasteiger partial charge in [0.2, 0.25) is 0 Å². The molecule has 0 fully saturated rings. The predicted octanol–water partition coefficient (Wildman–Crippen LogP) is 2.28. The normalized spacial score (nSPS) is 11.2. The van der Waals surface area contributed by atoms with E-state index in [-0.39, 0.29) is 0 Å². The van der Waals surface area contributed by atoms with E-state index in [1.54, 1.807) is 6.20 Å². The van der Waals surface area contributed by atoms with Crippen molar-refractivity contribution >= 4 is 22.6 Å². The fourth-order valence-corrected chi connectivity index (χ4v) is 1.94. The van der Waals surface area contributed by atoms with Crippen LogP contribution >= 0.6 is 11.6 Å². The quantitative estimate of drug-likeness (QED) is 0.669. The van der Waals surface area contributed by atoms with Gasteiger partial charge >= 0.3 is 0 Å². The largest absolute Gasteiger partial charge is 0.361 e. The summed E-state index contributed by atoms with van der Waals surface area (Å²) in [7, 11) is 0. The number of nitrogens with one attached hydrogen (secondary N) is 1. The lowest BCUT2D eigenvalue weighted by Gasteiger charge is -1.99. The monoisotopic (exact) mass is 249 g/mol. The molecule has 3 heterocycles. The van der Waals surface area contributed by atoms with Crippen molar-refractivity contribution in [2.45, 2.75) is 13.8 Å². The number of hydrogen-bond donors (Lipinski definition) is 1. The molecule has 0 saturated heterocycles. The fourth-order valence-electron chi connectivity index (χ4n) is 1.72. The molecule has 0 unspecified atom stereocenters. The fraction of sp³-hybridized carbons (Fsp3) is 0.200. The van der Waals surface area contributed by atoms with E-state index in [1.165, 1.54) is 0 Å². The van der Waals surface area contributed by atoms with Gasteiger partial charge in [0, 0.05) is 6.20 Å². The topological polar surface area (TPSA) is 80.5 Å². The average Bonchev–Trinajstić information content (AvgIpc) is 2.86. The Balaban J connectivity index is 2.31. The maximum Gasteiger partial charge on any atom is 0.167 e. The van der Waals surface area contributed by atoms with Crippen molar-refractivity contribution in [3.05, 3.63) is 22.8 Å². The van der Waals surface area contributed by atoms with Gasteiger partial charge in [-0.05, 0) is 13.8 Å². The van der Waals surface area contributed by atoms with E-state index < -0.39 is 0 Å². The molecule has 0 aromatic carbocycles. The van der Waals surface area contributed by atoms with Gasteiger partial charge in [0.25, 0.3) is 0 Å². The Hall–Kier alpha value is -1.95. The van der Waals surface area contributed by atoms with Gasteiger partial charge in [-0.25, -0.2) is 9.97 Å². The molecule has 0 saturated carbocycles. The smallest absolute Gasteiger partial charge is 0.167 e. The van der Waals surface area contributed by atoms with E-state index in [4.69, 9.17) is 16.1 Å². The summed E-state index contributed by atoms with van der Waals surface area (Å²) in [5.41, 5.74) is 2.73. The summed E-state index contributed by atoms with van der Waals surface area (Å²) >= 11 is 6.04. The van der Waals surface area contributed by atoms with E-state index in [0.29, 0.717) is 27.8 Å². The van der Waals surface area contributed by atoms with Crippen LogP contribution in [0.25, 0.3) is 22.4 Å². The Kier molecular flexibility index (Phi) is 2.12. The highest BCUT2D eigenvalue weighted by molar-refractivity contribution is 6.33. The maximum absolute atomic E-state index is 6.04. The minimum Gasteiger partial charge on any atom is -0.361 e. The standard InChI is InChI=1S/C10H8ClN5O/c1-4-7(5(2)17-16-4)10-13-6-3-12-15-8(6)9(11)14-10/h3H,1-2H3,(H,12,15). The summed E-state index contributed by atoms with van der Waals surface area (Å²) in [6.45, 7) is 3.65. The SMILES string of the molecule is Cc1noc(C)c1-c1nc(Cl)c2n[nH]cc2n1. The summed E-state index contributed by atoms with van der Waals surface area (Å²) < 4.78 is 5.09. The summed E-state index contributed by atoms with van der Waals surface area (Å²) in [5, 5.41) is 10.8. The van der Waals surface area contributed by atoms with Crippen LogP contribution < -0.4 is 0 Å². The third-order valence-electron chi connectivity index (χ3n) is 2.50. The first kappa shape index (κ1) is 10.2. The Bertz CT molecular complexity index is 682. The minimum absolute atomic E-state index is 0.311. The van der Waals surface area contributed by atoms with Gasteiger partial charge in [0.1, 0.15) is 16.8 Å². The van der Waals surface area contributed by atoms with Crippen molar-refractivity contribution in [2.24, 2.45) is 0 Å². The van der Waals surface area contributed by atoms with E-state index in [9.17, 15) is 0 Å². The third kappa shape index (κ3) is 1.49. The van der Waals surface area contributed by atoms with Crippen LogP contribution in [0.4, 0.5) is 0 Å². The molecular weight excluding hydrogens is 242 g/mol. The molecule has 3 rings (SSSR count). The second-order valence-electron chi connectivity index (χ2n) is 3.66. The molecule has 7 heteroatoms. The van der Waals surface area contributed by atoms with Crippen molar-refractivity contribution in [3.8, 4) is 11.4 Å². The molecule has 0 spiro atoms. The van der Waals surface area contributed by atoms with E-state index in [0.717, 1.165) is 11.3 Å². The van der Waals surface area contributed by atoms with E-state index in [1.807, 2.05) is 13.8 Å². The van der Waals surface area contributed by atoms with Crippen LogP contribution in [0.15, 0.2) is 10.7 Å². The highest BCUT2D eigenvalue weighted by atomic mass is 35.5. The lowest BCUT2D eigenvalue weighted by atomic mass is 10.2. The second-order valence-corrected chi connectivity index (χ2v) is 4.01. The lowest BCUT2D eigenvalue weighted by Crippen LogP contribution is -1.92. The first-order valence-electron chi connectivity index (χ1n) is 4.97. The average molecular weight is 250 g/mol. The first-order chi connectivity index (χ1) is 8.16. The first-order valence-corrected chi connectivity index (χ1v) is 5.35. The molecule has 0 aliphatic carbocycles. The molecule has 0 radical (unpaired) electrons.